The summed E-state index contributed by atoms with van der Waals surface area (Å²) in [5.74, 6) is 0.163. The summed E-state index contributed by atoms with van der Waals surface area (Å²) in [6.45, 7) is 5.77. The Morgan fingerprint density at radius 1 is 1.37 bits per heavy atom. The maximum Gasteiger partial charge on any atom is 0.224 e. The Morgan fingerprint density at radius 2 is 2.05 bits per heavy atom. The van der Waals surface area contributed by atoms with Crippen LogP contribution in [-0.4, -0.2) is 19.0 Å². The molecule has 4 heteroatoms. The number of hydrogen-bond acceptors (Lipinski definition) is 2. The average molecular weight is 264 g/mol. The standard InChI is InChI=1S/C15H21FN2O/c1-10(2)14(11-3-5-13(16)6-4-11)18-15(19)12-7-8-17-9-12/h3-6,10,12,14,17H,7-9H2,1-2H3,(H,18,19). The van der Waals surface area contributed by atoms with E-state index in [9.17, 15) is 9.18 Å². The Bertz CT molecular complexity index is 424. The van der Waals surface area contributed by atoms with Crippen molar-refractivity contribution in [3.63, 3.8) is 0 Å². The van der Waals surface area contributed by atoms with Gasteiger partial charge in [-0.15, -0.1) is 0 Å². The maximum absolute atomic E-state index is 13.0. The number of rotatable bonds is 4. The van der Waals surface area contributed by atoms with Crippen LogP contribution in [0.15, 0.2) is 24.3 Å². The van der Waals surface area contributed by atoms with Crippen molar-refractivity contribution in [2.75, 3.05) is 13.1 Å². The number of nitrogens with one attached hydrogen (secondary N) is 2. The van der Waals surface area contributed by atoms with Crippen LogP contribution in [0.25, 0.3) is 0 Å². The van der Waals surface area contributed by atoms with Crippen molar-refractivity contribution in [1.82, 2.24) is 10.6 Å². The smallest absolute Gasteiger partial charge is 0.224 e. The molecule has 2 atom stereocenters. The number of hydrogen-bond donors (Lipinski definition) is 2. The minimum atomic E-state index is -0.252. The minimum Gasteiger partial charge on any atom is -0.349 e. The van der Waals surface area contributed by atoms with Crippen molar-refractivity contribution < 1.29 is 9.18 Å². The molecule has 0 bridgehead atoms. The van der Waals surface area contributed by atoms with Crippen LogP contribution in [-0.2, 0) is 4.79 Å². The van der Waals surface area contributed by atoms with Crippen LogP contribution in [0.5, 0.6) is 0 Å². The summed E-state index contributed by atoms with van der Waals surface area (Å²) in [5, 5.41) is 6.29. The molecule has 1 saturated heterocycles. The molecule has 1 aromatic rings. The summed E-state index contributed by atoms with van der Waals surface area (Å²) in [6, 6.07) is 6.30. The van der Waals surface area contributed by atoms with Crippen LogP contribution >= 0.6 is 0 Å². The third kappa shape index (κ3) is 3.53. The molecule has 0 saturated carbocycles. The normalized spacial score (nSPS) is 20.5. The van der Waals surface area contributed by atoms with Crippen molar-refractivity contribution in [2.45, 2.75) is 26.3 Å². The highest BCUT2D eigenvalue weighted by Gasteiger charge is 2.26. The highest BCUT2D eigenvalue weighted by atomic mass is 19.1. The first-order valence-corrected chi connectivity index (χ1v) is 6.84. The molecule has 1 aromatic carbocycles. The fraction of sp³-hybridized carbons (Fsp3) is 0.533. The molecule has 104 valence electrons. The third-order valence-corrected chi connectivity index (χ3v) is 3.62. The molecular weight excluding hydrogens is 243 g/mol. The highest BCUT2D eigenvalue weighted by Crippen LogP contribution is 2.23. The molecule has 0 aromatic heterocycles. The number of benzene rings is 1. The van der Waals surface area contributed by atoms with Gasteiger partial charge in [0.25, 0.3) is 0 Å². The zero-order valence-corrected chi connectivity index (χ0v) is 11.4. The topological polar surface area (TPSA) is 41.1 Å². The summed E-state index contributed by atoms with van der Waals surface area (Å²) >= 11 is 0. The lowest BCUT2D eigenvalue weighted by Crippen LogP contribution is -2.37. The van der Waals surface area contributed by atoms with Crippen molar-refractivity contribution in [3.8, 4) is 0 Å². The first-order valence-electron chi connectivity index (χ1n) is 6.84. The fourth-order valence-electron chi connectivity index (χ4n) is 2.45. The van der Waals surface area contributed by atoms with Gasteiger partial charge in [-0.3, -0.25) is 4.79 Å². The van der Waals surface area contributed by atoms with Crippen molar-refractivity contribution >= 4 is 5.91 Å². The summed E-state index contributed by atoms with van der Waals surface area (Å²) in [7, 11) is 0. The maximum atomic E-state index is 13.0. The molecule has 1 amide bonds. The van der Waals surface area contributed by atoms with Gasteiger partial charge < -0.3 is 10.6 Å². The second-order valence-electron chi connectivity index (χ2n) is 5.47. The van der Waals surface area contributed by atoms with Gasteiger partial charge in [-0.25, -0.2) is 4.39 Å². The van der Waals surface area contributed by atoms with Gasteiger partial charge in [0.05, 0.1) is 12.0 Å². The summed E-state index contributed by atoms with van der Waals surface area (Å²) in [4.78, 5) is 12.2. The summed E-state index contributed by atoms with van der Waals surface area (Å²) in [5.41, 5.74) is 0.954. The van der Waals surface area contributed by atoms with E-state index in [0.29, 0.717) is 0 Å². The number of halogens is 1. The van der Waals surface area contributed by atoms with Gasteiger partial charge >= 0.3 is 0 Å². The Labute approximate surface area is 113 Å². The van der Waals surface area contributed by atoms with E-state index in [4.69, 9.17) is 0 Å². The second kappa shape index (κ2) is 6.15. The molecule has 2 unspecified atom stereocenters. The van der Waals surface area contributed by atoms with E-state index in [1.807, 2.05) is 0 Å². The van der Waals surface area contributed by atoms with Crippen molar-refractivity contribution in [3.05, 3.63) is 35.6 Å². The van der Waals surface area contributed by atoms with E-state index in [2.05, 4.69) is 24.5 Å². The van der Waals surface area contributed by atoms with E-state index in [0.717, 1.165) is 25.1 Å². The van der Waals surface area contributed by atoms with Crippen LogP contribution < -0.4 is 10.6 Å². The van der Waals surface area contributed by atoms with Crippen LogP contribution in [0.3, 0.4) is 0 Å². The molecule has 1 aliphatic rings. The molecular formula is C15H21FN2O. The summed E-state index contributed by atoms with van der Waals surface area (Å²) in [6.07, 6.45) is 0.889. The summed E-state index contributed by atoms with van der Waals surface area (Å²) < 4.78 is 13.0. The molecule has 2 rings (SSSR count). The lowest BCUT2D eigenvalue weighted by Gasteiger charge is -2.24. The molecule has 19 heavy (non-hydrogen) atoms. The zero-order chi connectivity index (χ0) is 13.8. The van der Waals surface area contributed by atoms with Crippen LogP contribution in [0.4, 0.5) is 4.39 Å². The third-order valence-electron chi connectivity index (χ3n) is 3.62. The SMILES string of the molecule is CC(C)C(NC(=O)C1CCNC1)c1ccc(F)cc1. The Balaban J connectivity index is 2.07. The highest BCUT2D eigenvalue weighted by molar-refractivity contribution is 5.79. The van der Waals surface area contributed by atoms with E-state index < -0.39 is 0 Å². The number of carbonyl (C=O) groups is 1. The van der Waals surface area contributed by atoms with E-state index in [1.54, 1.807) is 12.1 Å². The lowest BCUT2D eigenvalue weighted by atomic mass is 9.95. The van der Waals surface area contributed by atoms with E-state index >= 15 is 0 Å². The van der Waals surface area contributed by atoms with Crippen LogP contribution in [0.2, 0.25) is 0 Å². The van der Waals surface area contributed by atoms with Crippen LogP contribution in [0.1, 0.15) is 31.9 Å². The monoisotopic (exact) mass is 264 g/mol. The minimum absolute atomic E-state index is 0.0571. The van der Waals surface area contributed by atoms with Gasteiger partial charge in [0.15, 0.2) is 0 Å². The lowest BCUT2D eigenvalue weighted by molar-refractivity contribution is -0.125. The molecule has 0 radical (unpaired) electrons. The number of carbonyl (C=O) groups excluding carboxylic acids is 1. The Kier molecular flexibility index (Phi) is 4.53. The van der Waals surface area contributed by atoms with Gasteiger partial charge in [0, 0.05) is 6.54 Å². The number of amides is 1. The predicted octanol–water partition coefficient (Wildman–Crippen LogP) is 2.25. The predicted molar refractivity (Wildman–Crippen MR) is 73.1 cm³/mol. The molecule has 2 N–H and O–H groups in total. The molecule has 3 nitrogen and oxygen atoms in total. The molecule has 1 aliphatic heterocycles. The molecule has 1 fully saturated rings. The zero-order valence-electron chi connectivity index (χ0n) is 11.4. The second-order valence-corrected chi connectivity index (χ2v) is 5.47. The van der Waals surface area contributed by atoms with Crippen LogP contribution in [0, 0.1) is 17.7 Å². The average Bonchev–Trinajstić information content (AvgIpc) is 2.90. The van der Waals surface area contributed by atoms with Crippen molar-refractivity contribution in [1.29, 1.82) is 0 Å². The van der Waals surface area contributed by atoms with Gasteiger partial charge in [-0.1, -0.05) is 26.0 Å². The fourth-order valence-corrected chi connectivity index (χ4v) is 2.45. The van der Waals surface area contributed by atoms with Gasteiger partial charge in [0.2, 0.25) is 5.91 Å². The van der Waals surface area contributed by atoms with Crippen molar-refractivity contribution in [2.24, 2.45) is 11.8 Å². The first-order chi connectivity index (χ1) is 9.08. The van der Waals surface area contributed by atoms with E-state index in [-0.39, 0.29) is 29.6 Å². The first kappa shape index (κ1) is 14.0. The largest absolute Gasteiger partial charge is 0.349 e. The Hall–Kier alpha value is -1.42. The molecule has 0 spiro atoms. The van der Waals surface area contributed by atoms with Gasteiger partial charge in [-0.05, 0) is 36.6 Å². The van der Waals surface area contributed by atoms with E-state index in [1.165, 1.54) is 12.1 Å². The van der Waals surface area contributed by atoms with Gasteiger partial charge in [-0.2, -0.15) is 0 Å². The molecule has 0 aliphatic carbocycles. The Morgan fingerprint density at radius 3 is 2.58 bits per heavy atom. The van der Waals surface area contributed by atoms with Gasteiger partial charge in [0.1, 0.15) is 5.82 Å². The molecule has 1 heterocycles. The quantitative estimate of drug-likeness (QED) is 0.875.